The zero-order valence-electron chi connectivity index (χ0n) is 12.4. The normalized spacial score (nSPS) is 11.2. The molecule has 104 valence electrons. The van der Waals surface area contributed by atoms with Crippen molar-refractivity contribution in [3.05, 3.63) is 47.7 Å². The molecule has 0 saturated heterocycles. The van der Waals surface area contributed by atoms with Gasteiger partial charge in [0.1, 0.15) is 0 Å². The topological polar surface area (TPSA) is 23.6 Å². The summed E-state index contributed by atoms with van der Waals surface area (Å²) < 4.78 is 0. The molecule has 1 rings (SSSR count). The molecule has 0 aliphatic carbocycles. The zero-order chi connectivity index (χ0) is 14.3. The molecular weight excluding hydrogens is 236 g/mol. The molecule has 0 amide bonds. The molecule has 0 aliphatic rings. The van der Waals surface area contributed by atoms with Crippen LogP contribution in [-0.2, 0) is 6.54 Å². The predicted octanol–water partition coefficient (Wildman–Crippen LogP) is 2.79. The van der Waals surface area contributed by atoms with Crippen molar-refractivity contribution in [3.63, 3.8) is 0 Å². The molecule has 1 aromatic carbocycles. The van der Waals surface area contributed by atoms with Crippen molar-refractivity contribution in [2.75, 3.05) is 27.2 Å². The fraction of sp³-hybridized carbons (Fsp3) is 0.438. The predicted molar refractivity (Wildman–Crippen MR) is 80.2 cm³/mol. The van der Waals surface area contributed by atoms with E-state index in [0.29, 0.717) is 0 Å². The SMILES string of the molecule is CCN(CC)Cc1cccc(C(=O)C=CN(C)C)c1. The molecule has 0 bridgehead atoms. The van der Waals surface area contributed by atoms with Gasteiger partial charge in [-0.3, -0.25) is 9.69 Å². The maximum Gasteiger partial charge on any atom is 0.187 e. The molecule has 0 atom stereocenters. The number of rotatable bonds is 7. The minimum absolute atomic E-state index is 0.0510. The monoisotopic (exact) mass is 260 g/mol. The summed E-state index contributed by atoms with van der Waals surface area (Å²) >= 11 is 0. The lowest BCUT2D eigenvalue weighted by Gasteiger charge is -2.18. The minimum atomic E-state index is 0.0510. The first-order valence-electron chi connectivity index (χ1n) is 6.77. The third-order valence-corrected chi connectivity index (χ3v) is 3.04. The van der Waals surface area contributed by atoms with E-state index < -0.39 is 0 Å². The van der Waals surface area contributed by atoms with E-state index in [1.54, 1.807) is 12.3 Å². The second kappa shape index (κ2) is 7.74. The van der Waals surface area contributed by atoms with Crippen LogP contribution in [0.5, 0.6) is 0 Å². The highest BCUT2D eigenvalue weighted by molar-refractivity contribution is 6.04. The van der Waals surface area contributed by atoms with Gasteiger partial charge in [-0.2, -0.15) is 0 Å². The number of hydrogen-bond acceptors (Lipinski definition) is 3. The van der Waals surface area contributed by atoms with E-state index in [-0.39, 0.29) is 5.78 Å². The third-order valence-electron chi connectivity index (χ3n) is 3.04. The van der Waals surface area contributed by atoms with Gasteiger partial charge in [0.2, 0.25) is 0 Å². The fourth-order valence-corrected chi connectivity index (χ4v) is 1.84. The van der Waals surface area contributed by atoms with E-state index in [0.717, 1.165) is 25.2 Å². The number of benzene rings is 1. The standard InChI is InChI=1S/C16H24N2O/c1-5-18(6-2)13-14-8-7-9-15(12-14)16(19)10-11-17(3)4/h7-12H,5-6,13H2,1-4H3. The summed E-state index contributed by atoms with van der Waals surface area (Å²) in [7, 11) is 3.81. The summed E-state index contributed by atoms with van der Waals surface area (Å²) in [5.74, 6) is 0.0510. The summed E-state index contributed by atoms with van der Waals surface area (Å²) in [5.41, 5.74) is 1.94. The molecule has 0 unspecified atom stereocenters. The molecule has 3 heteroatoms. The van der Waals surface area contributed by atoms with Crippen molar-refractivity contribution in [2.24, 2.45) is 0 Å². The van der Waals surface area contributed by atoms with Gasteiger partial charge >= 0.3 is 0 Å². The Hall–Kier alpha value is -1.61. The van der Waals surface area contributed by atoms with Crippen LogP contribution in [0.4, 0.5) is 0 Å². The highest BCUT2D eigenvalue weighted by Crippen LogP contribution is 2.09. The van der Waals surface area contributed by atoms with Gasteiger partial charge in [-0.25, -0.2) is 0 Å². The summed E-state index contributed by atoms with van der Waals surface area (Å²) in [4.78, 5) is 16.2. The van der Waals surface area contributed by atoms with Crippen molar-refractivity contribution in [1.82, 2.24) is 9.80 Å². The fourth-order valence-electron chi connectivity index (χ4n) is 1.84. The second-order valence-electron chi connectivity index (χ2n) is 4.81. The summed E-state index contributed by atoms with van der Waals surface area (Å²) in [6.45, 7) is 7.24. The van der Waals surface area contributed by atoms with Crippen molar-refractivity contribution >= 4 is 5.78 Å². The van der Waals surface area contributed by atoms with Gasteiger partial charge in [0.05, 0.1) is 0 Å². The van der Waals surface area contributed by atoms with E-state index in [1.165, 1.54) is 5.56 Å². The quantitative estimate of drug-likeness (QED) is 0.556. The first kappa shape index (κ1) is 15.4. The van der Waals surface area contributed by atoms with Gasteiger partial charge < -0.3 is 4.90 Å². The largest absolute Gasteiger partial charge is 0.383 e. The van der Waals surface area contributed by atoms with Crippen LogP contribution in [-0.4, -0.2) is 42.8 Å². The molecule has 0 aromatic heterocycles. The van der Waals surface area contributed by atoms with Crippen LogP contribution in [0.1, 0.15) is 29.8 Å². The lowest BCUT2D eigenvalue weighted by molar-refractivity contribution is 0.104. The molecule has 3 nitrogen and oxygen atoms in total. The molecule has 0 heterocycles. The molecule has 0 aliphatic heterocycles. The number of hydrogen-bond donors (Lipinski definition) is 0. The van der Waals surface area contributed by atoms with E-state index in [4.69, 9.17) is 0 Å². The van der Waals surface area contributed by atoms with Crippen LogP contribution in [0.15, 0.2) is 36.5 Å². The minimum Gasteiger partial charge on any atom is -0.383 e. The van der Waals surface area contributed by atoms with E-state index in [1.807, 2.05) is 37.2 Å². The second-order valence-corrected chi connectivity index (χ2v) is 4.81. The maximum atomic E-state index is 12.0. The van der Waals surface area contributed by atoms with Gasteiger partial charge in [-0.05, 0) is 24.7 Å². The van der Waals surface area contributed by atoms with Crippen LogP contribution in [0.2, 0.25) is 0 Å². The molecule has 0 fully saturated rings. The zero-order valence-corrected chi connectivity index (χ0v) is 12.4. The Bertz CT molecular complexity index is 434. The number of nitrogens with zero attached hydrogens (tertiary/aromatic N) is 2. The van der Waals surface area contributed by atoms with Crippen molar-refractivity contribution in [3.8, 4) is 0 Å². The summed E-state index contributed by atoms with van der Waals surface area (Å²) in [5, 5.41) is 0. The van der Waals surface area contributed by atoms with Gasteiger partial charge in [-0.1, -0.05) is 32.0 Å². The summed E-state index contributed by atoms with van der Waals surface area (Å²) in [6, 6.07) is 7.88. The maximum absolute atomic E-state index is 12.0. The van der Waals surface area contributed by atoms with Gasteiger partial charge in [-0.15, -0.1) is 0 Å². The van der Waals surface area contributed by atoms with Crippen molar-refractivity contribution in [2.45, 2.75) is 20.4 Å². The Kier molecular flexibility index (Phi) is 6.30. The highest BCUT2D eigenvalue weighted by Gasteiger charge is 2.05. The average Bonchev–Trinajstić information content (AvgIpc) is 2.42. The molecule has 19 heavy (non-hydrogen) atoms. The van der Waals surface area contributed by atoms with Crippen LogP contribution in [0.25, 0.3) is 0 Å². The van der Waals surface area contributed by atoms with Gasteiger partial charge in [0.15, 0.2) is 5.78 Å². The Morgan fingerprint density at radius 1 is 1.21 bits per heavy atom. The number of carbonyl (C=O) groups excluding carboxylic acids is 1. The lowest BCUT2D eigenvalue weighted by Crippen LogP contribution is -2.22. The molecule has 0 spiro atoms. The number of carbonyl (C=O) groups is 1. The van der Waals surface area contributed by atoms with Crippen LogP contribution in [0.3, 0.4) is 0 Å². The van der Waals surface area contributed by atoms with E-state index >= 15 is 0 Å². The smallest absolute Gasteiger partial charge is 0.187 e. The molecular formula is C16H24N2O. The van der Waals surface area contributed by atoms with E-state index in [9.17, 15) is 4.79 Å². The van der Waals surface area contributed by atoms with E-state index in [2.05, 4.69) is 24.8 Å². The van der Waals surface area contributed by atoms with Crippen LogP contribution in [0, 0.1) is 0 Å². The Morgan fingerprint density at radius 3 is 2.47 bits per heavy atom. The third kappa shape index (κ3) is 5.26. The van der Waals surface area contributed by atoms with Crippen molar-refractivity contribution in [1.29, 1.82) is 0 Å². The lowest BCUT2D eigenvalue weighted by atomic mass is 10.1. The van der Waals surface area contributed by atoms with Gasteiger partial charge in [0, 0.05) is 38.5 Å². The first-order valence-corrected chi connectivity index (χ1v) is 6.77. The Labute approximate surface area is 116 Å². The molecule has 0 radical (unpaired) electrons. The first-order chi connectivity index (χ1) is 9.06. The highest BCUT2D eigenvalue weighted by atomic mass is 16.1. The average molecular weight is 260 g/mol. The molecule has 0 saturated carbocycles. The Morgan fingerprint density at radius 2 is 1.89 bits per heavy atom. The number of allylic oxidation sites excluding steroid dienone is 1. The molecule has 0 N–H and O–H groups in total. The Balaban J connectivity index is 2.79. The summed E-state index contributed by atoms with van der Waals surface area (Å²) in [6.07, 6.45) is 3.38. The molecule has 1 aromatic rings. The van der Waals surface area contributed by atoms with Gasteiger partial charge in [0.25, 0.3) is 0 Å². The van der Waals surface area contributed by atoms with Crippen LogP contribution < -0.4 is 0 Å². The van der Waals surface area contributed by atoms with Crippen LogP contribution >= 0.6 is 0 Å². The van der Waals surface area contributed by atoms with Crippen molar-refractivity contribution < 1.29 is 4.79 Å². The number of ketones is 1.